The predicted octanol–water partition coefficient (Wildman–Crippen LogP) is 4.33. The van der Waals surface area contributed by atoms with E-state index in [0.29, 0.717) is 22.6 Å². The molecule has 0 unspecified atom stereocenters. The van der Waals surface area contributed by atoms with Crippen molar-refractivity contribution in [3.8, 4) is 39.9 Å². The van der Waals surface area contributed by atoms with Gasteiger partial charge in [0.15, 0.2) is 11.5 Å². The second-order valence-corrected chi connectivity index (χ2v) is 7.88. The van der Waals surface area contributed by atoms with Crippen LogP contribution in [0.1, 0.15) is 23.5 Å². The molecule has 0 radical (unpaired) electrons. The molecule has 0 aliphatic carbocycles. The molecule has 0 amide bonds. The van der Waals surface area contributed by atoms with Gasteiger partial charge in [-0.3, -0.25) is 9.59 Å². The van der Waals surface area contributed by atoms with Crippen molar-refractivity contribution in [3.05, 3.63) is 76.1 Å². The first-order valence-electron chi connectivity index (χ1n) is 10.4. The van der Waals surface area contributed by atoms with Gasteiger partial charge in [-0.15, -0.1) is 0 Å². The van der Waals surface area contributed by atoms with E-state index in [2.05, 4.69) is 0 Å². The largest absolute Gasteiger partial charge is 0.508 e. The summed E-state index contributed by atoms with van der Waals surface area (Å²) in [5.74, 6) is -0.168. The van der Waals surface area contributed by atoms with E-state index in [-0.39, 0.29) is 40.2 Å². The summed E-state index contributed by atoms with van der Waals surface area (Å²) in [5, 5.41) is 20.3. The molecule has 0 bridgehead atoms. The minimum atomic E-state index is -0.491. The summed E-state index contributed by atoms with van der Waals surface area (Å²) in [6.07, 6.45) is 1.33. The van der Waals surface area contributed by atoms with Gasteiger partial charge in [0.1, 0.15) is 34.5 Å². The van der Waals surface area contributed by atoms with Gasteiger partial charge in [0.25, 0.3) is 0 Å². The van der Waals surface area contributed by atoms with Crippen molar-refractivity contribution in [2.24, 2.45) is 0 Å². The Hall–Kier alpha value is -4.46. The number of fused-ring (bicyclic) bond motifs is 3. The van der Waals surface area contributed by atoms with Crippen molar-refractivity contribution < 1.29 is 33.6 Å². The van der Waals surface area contributed by atoms with Gasteiger partial charge in [-0.1, -0.05) is 18.2 Å². The summed E-state index contributed by atoms with van der Waals surface area (Å²) in [7, 11) is 3.01. The zero-order chi connectivity index (χ0) is 24.0. The molecule has 0 saturated heterocycles. The highest BCUT2D eigenvalue weighted by molar-refractivity contribution is 5.94. The molecule has 34 heavy (non-hydrogen) atoms. The first-order valence-corrected chi connectivity index (χ1v) is 10.4. The second kappa shape index (κ2) is 8.15. The van der Waals surface area contributed by atoms with E-state index >= 15 is 0 Å². The van der Waals surface area contributed by atoms with Crippen molar-refractivity contribution in [1.82, 2.24) is 0 Å². The fourth-order valence-electron chi connectivity index (χ4n) is 4.33. The van der Waals surface area contributed by atoms with Crippen LogP contribution >= 0.6 is 0 Å². The first-order chi connectivity index (χ1) is 16.4. The number of aromatic hydroxyl groups is 2. The molecule has 8 nitrogen and oxygen atoms in total. The van der Waals surface area contributed by atoms with Crippen LogP contribution in [0, 0.1) is 0 Å². The van der Waals surface area contributed by atoms with E-state index in [1.165, 1.54) is 38.7 Å². The molecular formula is C26H20O8. The van der Waals surface area contributed by atoms with Crippen LogP contribution in [-0.2, 0) is 4.79 Å². The van der Waals surface area contributed by atoms with E-state index in [0.717, 1.165) is 5.56 Å². The van der Waals surface area contributed by atoms with Crippen LogP contribution in [0.4, 0.5) is 0 Å². The monoisotopic (exact) mass is 460 g/mol. The lowest BCUT2D eigenvalue weighted by Crippen LogP contribution is -2.22. The average molecular weight is 460 g/mol. The predicted molar refractivity (Wildman–Crippen MR) is 123 cm³/mol. The van der Waals surface area contributed by atoms with Crippen molar-refractivity contribution in [2.45, 2.75) is 12.3 Å². The maximum absolute atomic E-state index is 13.5. The maximum Gasteiger partial charge on any atom is 0.312 e. The Bertz CT molecular complexity index is 1480. The summed E-state index contributed by atoms with van der Waals surface area (Å²) in [5.41, 5.74) is 1.64. The number of carbonyl (C=O) groups excluding carboxylic acids is 1. The van der Waals surface area contributed by atoms with Gasteiger partial charge >= 0.3 is 5.97 Å². The van der Waals surface area contributed by atoms with Crippen LogP contribution in [0.2, 0.25) is 0 Å². The van der Waals surface area contributed by atoms with Crippen LogP contribution < -0.4 is 19.6 Å². The summed E-state index contributed by atoms with van der Waals surface area (Å²) in [6.45, 7) is 0. The zero-order valence-corrected chi connectivity index (χ0v) is 18.3. The molecule has 2 heterocycles. The lowest BCUT2D eigenvalue weighted by molar-refractivity contribution is -0.135. The van der Waals surface area contributed by atoms with Crippen molar-refractivity contribution in [3.63, 3.8) is 0 Å². The van der Waals surface area contributed by atoms with Crippen LogP contribution in [0.25, 0.3) is 22.1 Å². The fourth-order valence-corrected chi connectivity index (χ4v) is 4.33. The molecule has 3 aromatic carbocycles. The lowest BCUT2D eigenvalue weighted by atomic mass is 9.85. The standard InChI is InChI=1S/C26H20O8/c1-31-19-8-5-14(9-20(19)32-2)17-12-33-26-23-16(13-3-6-15(27)7-4-13)10-22(29)34-21(23)11-18(28)24(26)25(17)30/h3-9,11-12,16,27-28H,10H2,1-2H3/t16-/m0/s1. The zero-order valence-electron chi connectivity index (χ0n) is 18.3. The molecule has 0 fully saturated rings. The average Bonchev–Trinajstić information content (AvgIpc) is 2.83. The SMILES string of the molecule is COc1ccc(-c2coc3c4c(cc(O)c3c2=O)OC(=O)C[C@H]4c2ccc(O)cc2)cc1OC. The molecule has 2 N–H and O–H groups in total. The molecule has 5 rings (SSSR count). The van der Waals surface area contributed by atoms with Gasteiger partial charge in [0, 0.05) is 17.5 Å². The fraction of sp³-hybridized carbons (Fsp3) is 0.154. The smallest absolute Gasteiger partial charge is 0.312 e. The van der Waals surface area contributed by atoms with Crippen LogP contribution in [0.15, 0.2) is 64.0 Å². The summed E-state index contributed by atoms with van der Waals surface area (Å²) < 4.78 is 21.9. The molecule has 0 saturated carbocycles. The minimum Gasteiger partial charge on any atom is -0.508 e. The topological polar surface area (TPSA) is 115 Å². The number of carbonyl (C=O) groups is 1. The number of methoxy groups -OCH3 is 2. The number of phenolic OH excluding ortho intramolecular Hbond substituents is 2. The Morgan fingerprint density at radius 2 is 1.68 bits per heavy atom. The highest BCUT2D eigenvalue weighted by Crippen LogP contribution is 2.46. The molecule has 1 aliphatic rings. The Morgan fingerprint density at radius 3 is 2.38 bits per heavy atom. The van der Waals surface area contributed by atoms with Gasteiger partial charge in [-0.05, 0) is 35.4 Å². The maximum atomic E-state index is 13.5. The molecule has 1 aliphatic heterocycles. The van der Waals surface area contributed by atoms with Crippen molar-refractivity contribution in [1.29, 1.82) is 0 Å². The van der Waals surface area contributed by atoms with Crippen LogP contribution in [0.3, 0.4) is 0 Å². The van der Waals surface area contributed by atoms with E-state index in [9.17, 15) is 19.8 Å². The first kappa shape index (κ1) is 21.4. The molecule has 172 valence electrons. The molecule has 1 aromatic heterocycles. The molecule has 8 heteroatoms. The quantitative estimate of drug-likeness (QED) is 0.342. The van der Waals surface area contributed by atoms with E-state index in [1.807, 2.05) is 0 Å². The Kier molecular flexibility index (Phi) is 5.13. The van der Waals surface area contributed by atoms with Crippen LogP contribution in [0.5, 0.6) is 28.7 Å². The number of benzene rings is 3. The van der Waals surface area contributed by atoms with E-state index < -0.39 is 17.3 Å². The minimum absolute atomic E-state index is 0.0127. The summed E-state index contributed by atoms with van der Waals surface area (Å²) in [4.78, 5) is 25.8. The normalized spacial score (nSPS) is 15.0. The van der Waals surface area contributed by atoms with Gasteiger partial charge in [0.2, 0.25) is 5.43 Å². The van der Waals surface area contributed by atoms with Crippen LogP contribution in [-0.4, -0.2) is 30.4 Å². The van der Waals surface area contributed by atoms with Gasteiger partial charge in [0.05, 0.1) is 26.2 Å². The number of esters is 1. The number of ether oxygens (including phenoxy) is 3. The second-order valence-electron chi connectivity index (χ2n) is 7.88. The third-order valence-electron chi connectivity index (χ3n) is 5.96. The number of hydrogen-bond donors (Lipinski definition) is 2. The Balaban J connectivity index is 1.74. The van der Waals surface area contributed by atoms with E-state index in [1.54, 1.807) is 30.3 Å². The molecule has 1 atom stereocenters. The van der Waals surface area contributed by atoms with Gasteiger partial charge in [-0.25, -0.2) is 0 Å². The molecule has 4 aromatic rings. The van der Waals surface area contributed by atoms with E-state index in [4.69, 9.17) is 18.6 Å². The molecule has 0 spiro atoms. The summed E-state index contributed by atoms with van der Waals surface area (Å²) >= 11 is 0. The van der Waals surface area contributed by atoms with Crippen molar-refractivity contribution in [2.75, 3.05) is 14.2 Å². The Morgan fingerprint density at radius 1 is 0.941 bits per heavy atom. The van der Waals surface area contributed by atoms with Crippen molar-refractivity contribution >= 4 is 16.9 Å². The highest BCUT2D eigenvalue weighted by atomic mass is 16.5. The number of phenols is 2. The summed E-state index contributed by atoms with van der Waals surface area (Å²) in [6, 6.07) is 12.7. The number of rotatable bonds is 4. The third-order valence-corrected chi connectivity index (χ3v) is 5.96. The Labute approximate surface area is 193 Å². The lowest BCUT2D eigenvalue weighted by Gasteiger charge is -2.26. The third kappa shape index (κ3) is 3.40. The van der Waals surface area contributed by atoms with Gasteiger partial charge < -0.3 is 28.8 Å². The molecular weight excluding hydrogens is 440 g/mol. The number of hydrogen-bond acceptors (Lipinski definition) is 8. The highest BCUT2D eigenvalue weighted by Gasteiger charge is 2.33. The van der Waals surface area contributed by atoms with Gasteiger partial charge in [-0.2, -0.15) is 0 Å².